The van der Waals surface area contributed by atoms with Gasteiger partial charge in [0.15, 0.2) is 0 Å². The van der Waals surface area contributed by atoms with Crippen LogP contribution in [0.4, 0.5) is 18.9 Å². The van der Waals surface area contributed by atoms with Crippen molar-refractivity contribution in [3.63, 3.8) is 0 Å². The van der Waals surface area contributed by atoms with Crippen LogP contribution in [0.2, 0.25) is 0 Å². The van der Waals surface area contributed by atoms with Crippen LogP contribution in [-0.4, -0.2) is 11.3 Å². The number of nitro groups is 1. The molecule has 0 atom stereocenters. The molecule has 0 fully saturated rings. The summed E-state index contributed by atoms with van der Waals surface area (Å²) >= 11 is 0. The summed E-state index contributed by atoms with van der Waals surface area (Å²) in [5.74, 6) is 1.86. The van der Waals surface area contributed by atoms with Crippen LogP contribution in [-0.2, 0) is 0 Å². The van der Waals surface area contributed by atoms with Gasteiger partial charge in [-0.1, -0.05) is 18.1 Å². The van der Waals surface area contributed by atoms with Gasteiger partial charge in [0.25, 0.3) is 5.69 Å². The van der Waals surface area contributed by atoms with Crippen LogP contribution < -0.4 is 4.74 Å². The van der Waals surface area contributed by atoms with E-state index in [-0.39, 0.29) is 17.0 Å². The van der Waals surface area contributed by atoms with Gasteiger partial charge in [-0.15, -0.1) is 19.6 Å². The van der Waals surface area contributed by atoms with E-state index in [1.165, 1.54) is 30.3 Å². The number of hydrogen-bond acceptors (Lipinski definition) is 3. The maximum absolute atomic E-state index is 12.1. The van der Waals surface area contributed by atoms with Gasteiger partial charge in [-0.05, 0) is 35.4 Å². The standard InChI is InChI=1S/C15H8F3NO3/c1-2-10-9-12(5-8-14(10)19(20)21)11-3-6-13(7-4-11)22-15(16,17)18/h1,3-9H. The topological polar surface area (TPSA) is 52.4 Å². The number of benzene rings is 2. The van der Waals surface area contributed by atoms with E-state index in [2.05, 4.69) is 10.7 Å². The van der Waals surface area contributed by atoms with Gasteiger partial charge in [-0.3, -0.25) is 10.1 Å². The summed E-state index contributed by atoms with van der Waals surface area (Å²) < 4.78 is 40.0. The molecule has 2 aromatic carbocycles. The van der Waals surface area contributed by atoms with E-state index in [4.69, 9.17) is 6.42 Å². The largest absolute Gasteiger partial charge is 0.573 e. The van der Waals surface area contributed by atoms with Crippen molar-refractivity contribution in [1.82, 2.24) is 0 Å². The summed E-state index contributed by atoms with van der Waals surface area (Å²) in [7, 11) is 0. The van der Waals surface area contributed by atoms with Crippen molar-refractivity contribution in [3.8, 4) is 29.2 Å². The monoisotopic (exact) mass is 307 g/mol. The predicted molar refractivity (Wildman–Crippen MR) is 73.2 cm³/mol. The zero-order valence-corrected chi connectivity index (χ0v) is 10.9. The summed E-state index contributed by atoms with van der Waals surface area (Å²) in [5, 5.41) is 10.8. The molecular formula is C15H8F3NO3. The Balaban J connectivity index is 2.33. The molecular weight excluding hydrogens is 299 g/mol. The van der Waals surface area contributed by atoms with Gasteiger partial charge in [0, 0.05) is 6.07 Å². The Morgan fingerprint density at radius 3 is 2.18 bits per heavy atom. The molecule has 0 heterocycles. The first-order valence-electron chi connectivity index (χ1n) is 5.91. The lowest BCUT2D eigenvalue weighted by Crippen LogP contribution is -2.16. The van der Waals surface area contributed by atoms with E-state index in [1.807, 2.05) is 0 Å². The summed E-state index contributed by atoms with van der Waals surface area (Å²) in [6, 6.07) is 9.27. The highest BCUT2D eigenvalue weighted by Gasteiger charge is 2.30. The molecule has 0 N–H and O–H groups in total. The fourth-order valence-electron chi connectivity index (χ4n) is 1.84. The zero-order valence-electron chi connectivity index (χ0n) is 10.9. The normalized spacial score (nSPS) is 10.8. The van der Waals surface area contributed by atoms with Crippen LogP contribution in [0.1, 0.15) is 5.56 Å². The van der Waals surface area contributed by atoms with E-state index in [9.17, 15) is 23.3 Å². The van der Waals surface area contributed by atoms with Gasteiger partial charge in [0.2, 0.25) is 0 Å². The lowest BCUT2D eigenvalue weighted by molar-refractivity contribution is -0.385. The van der Waals surface area contributed by atoms with Gasteiger partial charge in [-0.2, -0.15) is 0 Å². The Labute approximate surface area is 123 Å². The molecule has 0 amide bonds. The summed E-state index contributed by atoms with van der Waals surface area (Å²) in [6.45, 7) is 0. The van der Waals surface area contributed by atoms with E-state index in [0.717, 1.165) is 12.1 Å². The summed E-state index contributed by atoms with van der Waals surface area (Å²) in [4.78, 5) is 10.2. The molecule has 0 aliphatic rings. The van der Waals surface area contributed by atoms with E-state index < -0.39 is 11.3 Å². The molecule has 4 nitrogen and oxygen atoms in total. The number of halogens is 3. The maximum Gasteiger partial charge on any atom is 0.573 e. The molecule has 7 heteroatoms. The molecule has 0 aromatic heterocycles. The smallest absolute Gasteiger partial charge is 0.406 e. The Hall–Kier alpha value is -3.01. The Kier molecular flexibility index (Phi) is 4.04. The minimum absolute atomic E-state index is 0.0955. The van der Waals surface area contributed by atoms with Crippen molar-refractivity contribution >= 4 is 5.69 Å². The quantitative estimate of drug-likeness (QED) is 0.486. The predicted octanol–water partition coefficient (Wildman–Crippen LogP) is 4.14. The molecule has 0 unspecified atom stereocenters. The first-order valence-corrected chi connectivity index (χ1v) is 5.91. The number of terminal acetylenes is 1. The molecule has 0 bridgehead atoms. The van der Waals surface area contributed by atoms with Crippen molar-refractivity contribution in [2.75, 3.05) is 0 Å². The Morgan fingerprint density at radius 2 is 1.68 bits per heavy atom. The van der Waals surface area contributed by atoms with E-state index >= 15 is 0 Å². The third kappa shape index (κ3) is 3.55. The molecule has 0 saturated carbocycles. The summed E-state index contributed by atoms with van der Waals surface area (Å²) in [5.41, 5.74) is 0.999. The van der Waals surface area contributed by atoms with Crippen LogP contribution in [0.5, 0.6) is 5.75 Å². The molecule has 2 aromatic rings. The second kappa shape index (κ2) is 5.77. The number of alkyl halides is 3. The minimum atomic E-state index is -4.76. The van der Waals surface area contributed by atoms with Crippen LogP contribution in [0.25, 0.3) is 11.1 Å². The van der Waals surface area contributed by atoms with E-state index in [1.54, 1.807) is 0 Å². The van der Waals surface area contributed by atoms with Crippen LogP contribution in [0.15, 0.2) is 42.5 Å². The van der Waals surface area contributed by atoms with E-state index in [0.29, 0.717) is 11.1 Å². The average molecular weight is 307 g/mol. The van der Waals surface area contributed by atoms with Crippen molar-refractivity contribution in [1.29, 1.82) is 0 Å². The number of rotatable bonds is 3. The van der Waals surface area contributed by atoms with Crippen molar-refractivity contribution < 1.29 is 22.8 Å². The highest BCUT2D eigenvalue weighted by Crippen LogP contribution is 2.29. The van der Waals surface area contributed by atoms with Crippen LogP contribution in [0.3, 0.4) is 0 Å². The Bertz CT molecular complexity index is 746. The first kappa shape index (κ1) is 15.4. The lowest BCUT2D eigenvalue weighted by Gasteiger charge is -2.09. The maximum atomic E-state index is 12.1. The number of ether oxygens (including phenoxy) is 1. The highest BCUT2D eigenvalue weighted by molar-refractivity contribution is 5.69. The lowest BCUT2D eigenvalue weighted by atomic mass is 10.0. The number of nitro benzene ring substituents is 1. The van der Waals surface area contributed by atoms with Gasteiger partial charge in [0.1, 0.15) is 11.3 Å². The van der Waals surface area contributed by atoms with Crippen molar-refractivity contribution in [2.45, 2.75) is 6.36 Å². The summed E-state index contributed by atoms with van der Waals surface area (Å²) in [6.07, 6.45) is 0.471. The number of hydrogen-bond donors (Lipinski definition) is 0. The first-order chi connectivity index (χ1) is 10.3. The van der Waals surface area contributed by atoms with Crippen molar-refractivity contribution in [3.05, 3.63) is 58.1 Å². The SMILES string of the molecule is C#Cc1cc(-c2ccc(OC(F)(F)F)cc2)ccc1[N+](=O)[O-]. The van der Waals surface area contributed by atoms with Gasteiger partial charge in [-0.25, -0.2) is 0 Å². The molecule has 0 radical (unpaired) electrons. The molecule has 0 aliphatic carbocycles. The molecule has 0 spiro atoms. The van der Waals surface area contributed by atoms with Crippen LogP contribution >= 0.6 is 0 Å². The zero-order chi connectivity index (χ0) is 16.3. The third-order valence-corrected chi connectivity index (χ3v) is 2.77. The van der Waals surface area contributed by atoms with Crippen molar-refractivity contribution in [2.24, 2.45) is 0 Å². The molecule has 0 saturated heterocycles. The fraction of sp³-hybridized carbons (Fsp3) is 0.0667. The molecule has 112 valence electrons. The van der Waals surface area contributed by atoms with Crippen LogP contribution in [0, 0.1) is 22.5 Å². The third-order valence-electron chi connectivity index (χ3n) is 2.77. The van der Waals surface area contributed by atoms with Gasteiger partial charge in [0.05, 0.1) is 4.92 Å². The molecule has 2 rings (SSSR count). The molecule has 0 aliphatic heterocycles. The highest BCUT2D eigenvalue weighted by atomic mass is 19.4. The second-order valence-electron chi connectivity index (χ2n) is 4.21. The Morgan fingerprint density at radius 1 is 1.09 bits per heavy atom. The van der Waals surface area contributed by atoms with Gasteiger partial charge >= 0.3 is 6.36 Å². The molecule has 22 heavy (non-hydrogen) atoms. The minimum Gasteiger partial charge on any atom is -0.406 e. The fourth-order valence-corrected chi connectivity index (χ4v) is 1.84. The number of nitrogens with zero attached hydrogens (tertiary/aromatic N) is 1. The average Bonchev–Trinajstić information content (AvgIpc) is 2.45. The van der Waals surface area contributed by atoms with Gasteiger partial charge < -0.3 is 4.74 Å². The second-order valence-corrected chi connectivity index (χ2v) is 4.21.